The number of likely N-dealkylation sites (N-methyl/N-ethyl adjacent to an activating group) is 1. The topological polar surface area (TPSA) is 172 Å². The molecule has 0 radical (unpaired) electrons. The first-order chi connectivity index (χ1) is 20.3. The summed E-state index contributed by atoms with van der Waals surface area (Å²) in [5, 5.41) is 33.8. The van der Waals surface area contributed by atoms with Crippen LogP contribution in [0.1, 0.15) is 90.5 Å². The Balaban J connectivity index is 2.58. The lowest BCUT2D eigenvalue weighted by atomic mass is 9.89. The van der Waals surface area contributed by atoms with Crippen molar-refractivity contribution < 1.29 is 34.5 Å². The fourth-order valence-corrected chi connectivity index (χ4v) is 5.70. The number of nitrogens with two attached hydrogens (primary N) is 2. The van der Waals surface area contributed by atoms with E-state index in [1.165, 1.54) is 4.90 Å². The molecule has 0 saturated carbocycles. The predicted molar refractivity (Wildman–Crippen MR) is 165 cm³/mol. The van der Waals surface area contributed by atoms with Gasteiger partial charge in [-0.25, -0.2) is 9.90 Å². The van der Waals surface area contributed by atoms with Gasteiger partial charge in [0.2, 0.25) is 11.7 Å². The standard InChI is InChI=1S/C32H56N4O7/c1-6-7-8-9-10-14-20-32(28(39)27(38)26(37)23(2)42-32)43-36(29(40)25(34)22-24-17-12-11-13-18-24)31(3,19-15-16-21-33)30(41)35(4)5/h11-13,17-18,23,25-28,37-39H,6-10,14-16,19-22,33-34H2,1-5H3/t23-,25+,26-,27+,28-,31+,32+/m1/s1. The summed E-state index contributed by atoms with van der Waals surface area (Å²) in [5.41, 5.74) is 11.5. The molecular formula is C32H56N4O7. The van der Waals surface area contributed by atoms with Gasteiger partial charge in [-0.1, -0.05) is 69.4 Å². The fraction of sp³-hybridized carbons (Fsp3) is 0.750. The Morgan fingerprint density at radius 3 is 2.26 bits per heavy atom. The van der Waals surface area contributed by atoms with Crippen molar-refractivity contribution in [1.82, 2.24) is 9.96 Å². The van der Waals surface area contributed by atoms with Crippen molar-refractivity contribution in [1.29, 1.82) is 0 Å². The molecule has 2 rings (SSSR count). The number of carbonyl (C=O) groups excluding carboxylic acids is 2. The van der Waals surface area contributed by atoms with Crippen LogP contribution in [0.3, 0.4) is 0 Å². The Morgan fingerprint density at radius 1 is 1.02 bits per heavy atom. The van der Waals surface area contributed by atoms with Crippen molar-refractivity contribution >= 4 is 11.8 Å². The zero-order valence-corrected chi connectivity index (χ0v) is 26.8. The Morgan fingerprint density at radius 2 is 1.65 bits per heavy atom. The monoisotopic (exact) mass is 608 g/mol. The zero-order chi connectivity index (χ0) is 32.2. The van der Waals surface area contributed by atoms with Crippen LogP contribution in [0.2, 0.25) is 0 Å². The largest absolute Gasteiger partial charge is 0.388 e. The molecule has 1 aromatic carbocycles. The Kier molecular flexibility index (Phi) is 15.0. The van der Waals surface area contributed by atoms with Crippen LogP contribution in [0.25, 0.3) is 0 Å². The van der Waals surface area contributed by atoms with Gasteiger partial charge in [-0.05, 0) is 58.1 Å². The third kappa shape index (κ3) is 9.68. The van der Waals surface area contributed by atoms with Crippen LogP contribution >= 0.6 is 0 Å². The minimum atomic E-state index is -1.92. The molecule has 246 valence electrons. The van der Waals surface area contributed by atoms with Gasteiger partial charge in [0.15, 0.2) is 0 Å². The lowest BCUT2D eigenvalue weighted by Gasteiger charge is -2.51. The molecule has 7 N–H and O–H groups in total. The number of nitrogens with zero attached hydrogens (tertiary/aromatic N) is 2. The summed E-state index contributed by atoms with van der Waals surface area (Å²) in [7, 11) is 3.19. The summed E-state index contributed by atoms with van der Waals surface area (Å²) in [4.78, 5) is 36.0. The van der Waals surface area contributed by atoms with E-state index in [1.54, 1.807) is 27.9 Å². The molecule has 43 heavy (non-hydrogen) atoms. The van der Waals surface area contributed by atoms with Crippen molar-refractivity contribution in [2.24, 2.45) is 11.5 Å². The maximum atomic E-state index is 14.3. The molecule has 0 spiro atoms. The lowest BCUT2D eigenvalue weighted by molar-refractivity contribution is -0.422. The molecule has 2 amide bonds. The van der Waals surface area contributed by atoms with Gasteiger partial charge in [0.1, 0.15) is 23.9 Å². The van der Waals surface area contributed by atoms with Crippen LogP contribution in [0.15, 0.2) is 30.3 Å². The summed E-state index contributed by atoms with van der Waals surface area (Å²) < 4.78 is 6.17. The normalized spacial score (nSPS) is 26.0. The highest BCUT2D eigenvalue weighted by Crippen LogP contribution is 2.39. The number of hydroxylamine groups is 2. The molecule has 11 nitrogen and oxygen atoms in total. The summed E-state index contributed by atoms with van der Waals surface area (Å²) in [6, 6.07) is 8.19. The number of hydrogen-bond donors (Lipinski definition) is 5. The average Bonchev–Trinajstić information content (AvgIpc) is 2.99. The number of unbranched alkanes of at least 4 members (excludes halogenated alkanes) is 6. The van der Waals surface area contributed by atoms with Gasteiger partial charge in [-0.15, -0.1) is 0 Å². The molecule has 7 atom stereocenters. The third-order valence-corrected chi connectivity index (χ3v) is 8.36. The smallest absolute Gasteiger partial charge is 0.264 e. The Hall–Kier alpha value is -2.12. The van der Waals surface area contributed by atoms with Crippen molar-refractivity contribution in [3.8, 4) is 0 Å². The summed E-state index contributed by atoms with van der Waals surface area (Å²) >= 11 is 0. The van der Waals surface area contributed by atoms with Crippen LogP contribution in [-0.2, 0) is 25.6 Å². The van der Waals surface area contributed by atoms with Gasteiger partial charge in [0.05, 0.1) is 12.1 Å². The Labute approximate surface area is 257 Å². The fourth-order valence-electron chi connectivity index (χ4n) is 5.70. The van der Waals surface area contributed by atoms with Gasteiger partial charge in [0, 0.05) is 20.5 Å². The van der Waals surface area contributed by atoms with E-state index in [2.05, 4.69) is 6.92 Å². The molecule has 0 unspecified atom stereocenters. The van der Waals surface area contributed by atoms with E-state index < -0.39 is 53.6 Å². The number of carbonyl (C=O) groups is 2. The second kappa shape index (κ2) is 17.4. The quantitative estimate of drug-likeness (QED) is 0.124. The van der Waals surface area contributed by atoms with E-state index in [-0.39, 0.29) is 19.3 Å². The van der Waals surface area contributed by atoms with Crippen LogP contribution in [0.4, 0.5) is 0 Å². The highest BCUT2D eigenvalue weighted by molar-refractivity contribution is 5.92. The minimum Gasteiger partial charge on any atom is -0.388 e. The zero-order valence-electron chi connectivity index (χ0n) is 26.8. The number of ether oxygens (including phenoxy) is 1. The second-order valence-electron chi connectivity index (χ2n) is 12.3. The third-order valence-electron chi connectivity index (χ3n) is 8.36. The maximum absolute atomic E-state index is 14.3. The first-order valence-corrected chi connectivity index (χ1v) is 15.8. The van der Waals surface area contributed by atoms with Crippen molar-refractivity contribution in [3.63, 3.8) is 0 Å². The average molecular weight is 609 g/mol. The van der Waals surface area contributed by atoms with E-state index in [0.717, 1.165) is 42.7 Å². The first-order valence-electron chi connectivity index (χ1n) is 15.8. The van der Waals surface area contributed by atoms with Gasteiger partial charge < -0.3 is 36.4 Å². The molecular weight excluding hydrogens is 552 g/mol. The number of hydrogen-bond acceptors (Lipinski definition) is 9. The molecule has 1 aliphatic rings. The number of aliphatic hydroxyl groups is 3. The summed E-state index contributed by atoms with van der Waals surface area (Å²) in [5.74, 6) is -2.99. The number of amides is 2. The van der Waals surface area contributed by atoms with E-state index in [4.69, 9.17) is 21.0 Å². The predicted octanol–water partition coefficient (Wildman–Crippen LogP) is 2.24. The highest BCUT2D eigenvalue weighted by Gasteiger charge is 2.57. The number of rotatable bonds is 18. The van der Waals surface area contributed by atoms with E-state index in [1.807, 2.05) is 30.3 Å². The molecule has 1 saturated heterocycles. The van der Waals surface area contributed by atoms with Crippen LogP contribution < -0.4 is 11.5 Å². The molecule has 1 aliphatic heterocycles. The van der Waals surface area contributed by atoms with E-state index >= 15 is 0 Å². The van der Waals surface area contributed by atoms with E-state index in [9.17, 15) is 24.9 Å². The molecule has 0 aromatic heterocycles. The molecule has 0 aliphatic carbocycles. The highest BCUT2D eigenvalue weighted by atomic mass is 16.8. The molecule has 0 bridgehead atoms. The van der Waals surface area contributed by atoms with Crippen LogP contribution in [0, 0.1) is 0 Å². The van der Waals surface area contributed by atoms with Gasteiger partial charge in [-0.3, -0.25) is 9.59 Å². The summed E-state index contributed by atoms with van der Waals surface area (Å²) in [6.45, 7) is 5.72. The van der Waals surface area contributed by atoms with Crippen molar-refractivity contribution in [2.75, 3.05) is 20.6 Å². The first kappa shape index (κ1) is 37.1. The molecule has 1 fully saturated rings. The SMILES string of the molecule is CCCCCCCC[C@@]1(ON(C(=O)[C@@H](N)Cc2ccccc2)[C@@](C)(CCCCN)C(=O)N(C)C)O[C@H](C)[C@@H](O)[C@H](O)[C@H]1O. The van der Waals surface area contributed by atoms with Gasteiger partial charge in [0.25, 0.3) is 5.91 Å². The summed E-state index contributed by atoms with van der Waals surface area (Å²) in [6.07, 6.45) is 1.58. The van der Waals surface area contributed by atoms with Crippen molar-refractivity contribution in [2.45, 2.75) is 133 Å². The van der Waals surface area contributed by atoms with Gasteiger partial charge in [-0.2, -0.15) is 0 Å². The van der Waals surface area contributed by atoms with Gasteiger partial charge >= 0.3 is 0 Å². The van der Waals surface area contributed by atoms with Crippen LogP contribution in [0.5, 0.6) is 0 Å². The van der Waals surface area contributed by atoms with Crippen LogP contribution in [-0.4, -0.2) is 99.5 Å². The van der Waals surface area contributed by atoms with E-state index in [0.29, 0.717) is 25.8 Å². The number of aliphatic hydroxyl groups excluding tert-OH is 3. The molecule has 11 heteroatoms. The second-order valence-corrected chi connectivity index (χ2v) is 12.3. The maximum Gasteiger partial charge on any atom is 0.264 e. The molecule has 1 aromatic rings. The minimum absolute atomic E-state index is 0.112. The Bertz CT molecular complexity index is 984. The lowest BCUT2D eigenvalue weighted by Crippen LogP contribution is -2.70. The number of benzene rings is 1. The molecule has 1 heterocycles. The van der Waals surface area contributed by atoms with Crippen molar-refractivity contribution in [3.05, 3.63) is 35.9 Å².